The van der Waals surface area contributed by atoms with E-state index < -0.39 is 12.0 Å². The molecule has 6 nitrogen and oxygen atoms in total. The number of hydrogen-bond acceptors (Lipinski definition) is 5. The van der Waals surface area contributed by atoms with Gasteiger partial charge in [-0.25, -0.2) is 9.78 Å². The topological polar surface area (TPSA) is 75.4 Å². The second-order valence-corrected chi connectivity index (χ2v) is 8.18. The number of fused-ring (bicyclic) bond motifs is 3. The van der Waals surface area contributed by atoms with E-state index >= 15 is 0 Å². The Labute approximate surface area is 150 Å². The summed E-state index contributed by atoms with van der Waals surface area (Å²) in [5, 5.41) is 10.2. The van der Waals surface area contributed by atoms with Gasteiger partial charge in [-0.3, -0.25) is 14.3 Å². The number of carbonyl (C=O) groups is 1. The molecule has 7 heteroatoms. The quantitative estimate of drug-likeness (QED) is 0.906. The molecule has 4 rings (SSSR count). The number of likely N-dealkylation sites (tertiary alicyclic amines) is 1. The van der Waals surface area contributed by atoms with Crippen molar-refractivity contribution in [1.29, 1.82) is 0 Å². The maximum atomic E-state index is 13.2. The molecule has 1 saturated heterocycles. The van der Waals surface area contributed by atoms with E-state index in [4.69, 9.17) is 4.98 Å². The Hall–Kier alpha value is -1.73. The van der Waals surface area contributed by atoms with Gasteiger partial charge in [-0.2, -0.15) is 0 Å². The number of carboxylic acids is 1. The fourth-order valence-electron chi connectivity index (χ4n) is 4.02. The van der Waals surface area contributed by atoms with E-state index in [0.29, 0.717) is 17.8 Å². The highest BCUT2D eigenvalue weighted by molar-refractivity contribution is 7.18. The van der Waals surface area contributed by atoms with Crippen LogP contribution in [0.1, 0.15) is 54.9 Å². The molecule has 134 valence electrons. The molecule has 1 N–H and O–H groups in total. The SMILES string of the molecule is CC(C(=O)O)n1c(CN2CCCC2)nc2sc3c(c2c1=O)CCCC3. The molecular formula is C18H23N3O3S. The summed E-state index contributed by atoms with van der Waals surface area (Å²) < 4.78 is 1.42. The lowest BCUT2D eigenvalue weighted by Gasteiger charge is -2.20. The minimum absolute atomic E-state index is 0.173. The van der Waals surface area contributed by atoms with Crippen LogP contribution < -0.4 is 5.56 Å². The Balaban J connectivity index is 1.90. The summed E-state index contributed by atoms with van der Waals surface area (Å²) >= 11 is 1.62. The highest BCUT2D eigenvalue weighted by Crippen LogP contribution is 2.34. The molecule has 1 unspecified atom stereocenters. The van der Waals surface area contributed by atoms with Crippen molar-refractivity contribution in [3.8, 4) is 0 Å². The number of aliphatic carboxylic acids is 1. The van der Waals surface area contributed by atoms with Crippen LogP contribution in [0.2, 0.25) is 0 Å². The Kier molecular flexibility index (Phi) is 4.37. The zero-order valence-electron chi connectivity index (χ0n) is 14.5. The molecule has 1 atom stereocenters. The fraction of sp³-hybridized carbons (Fsp3) is 0.611. The summed E-state index contributed by atoms with van der Waals surface area (Å²) in [7, 11) is 0. The Morgan fingerprint density at radius 2 is 1.96 bits per heavy atom. The van der Waals surface area contributed by atoms with Crippen molar-refractivity contribution < 1.29 is 9.90 Å². The highest BCUT2D eigenvalue weighted by Gasteiger charge is 2.27. The van der Waals surface area contributed by atoms with Gasteiger partial charge in [0.15, 0.2) is 0 Å². The van der Waals surface area contributed by atoms with Crippen molar-refractivity contribution in [3.05, 3.63) is 26.6 Å². The third kappa shape index (κ3) is 2.89. The Morgan fingerprint density at radius 3 is 2.68 bits per heavy atom. The molecule has 1 fully saturated rings. The lowest BCUT2D eigenvalue weighted by molar-refractivity contribution is -0.140. The van der Waals surface area contributed by atoms with E-state index in [-0.39, 0.29) is 5.56 Å². The highest BCUT2D eigenvalue weighted by atomic mass is 32.1. The van der Waals surface area contributed by atoms with Gasteiger partial charge in [0.25, 0.3) is 5.56 Å². The zero-order valence-corrected chi connectivity index (χ0v) is 15.3. The van der Waals surface area contributed by atoms with E-state index in [1.807, 2.05) is 0 Å². The van der Waals surface area contributed by atoms with Crippen molar-refractivity contribution in [2.45, 2.75) is 58.0 Å². The van der Waals surface area contributed by atoms with Crippen LogP contribution in [0, 0.1) is 0 Å². The molecule has 0 amide bonds. The number of hydrogen-bond donors (Lipinski definition) is 1. The third-order valence-electron chi connectivity index (χ3n) is 5.40. The third-order valence-corrected chi connectivity index (χ3v) is 6.59. The number of nitrogens with zero attached hydrogens (tertiary/aromatic N) is 3. The minimum atomic E-state index is -0.991. The number of aryl methyl sites for hydroxylation is 2. The Bertz CT molecular complexity index is 880. The van der Waals surface area contributed by atoms with Gasteiger partial charge in [0.05, 0.1) is 11.9 Å². The van der Waals surface area contributed by atoms with Crippen molar-refractivity contribution in [2.24, 2.45) is 0 Å². The second-order valence-electron chi connectivity index (χ2n) is 7.09. The van der Waals surface area contributed by atoms with E-state index in [1.54, 1.807) is 18.3 Å². The van der Waals surface area contributed by atoms with Crippen LogP contribution in [-0.2, 0) is 24.2 Å². The molecule has 0 radical (unpaired) electrons. The largest absolute Gasteiger partial charge is 0.480 e. The van der Waals surface area contributed by atoms with Crippen molar-refractivity contribution in [2.75, 3.05) is 13.1 Å². The molecule has 25 heavy (non-hydrogen) atoms. The first-order valence-electron chi connectivity index (χ1n) is 9.07. The van der Waals surface area contributed by atoms with E-state index in [1.165, 1.54) is 9.44 Å². The van der Waals surface area contributed by atoms with Crippen LogP contribution in [0.15, 0.2) is 4.79 Å². The van der Waals surface area contributed by atoms with Crippen molar-refractivity contribution in [1.82, 2.24) is 14.5 Å². The van der Waals surface area contributed by atoms with Crippen LogP contribution in [0.3, 0.4) is 0 Å². The molecule has 3 heterocycles. The Morgan fingerprint density at radius 1 is 1.24 bits per heavy atom. The summed E-state index contributed by atoms with van der Waals surface area (Å²) in [6.45, 7) is 4.08. The fourth-order valence-corrected chi connectivity index (χ4v) is 5.29. The molecule has 0 bridgehead atoms. The van der Waals surface area contributed by atoms with E-state index in [0.717, 1.165) is 62.0 Å². The summed E-state index contributed by atoms with van der Waals surface area (Å²) in [6, 6.07) is -0.902. The summed E-state index contributed by atoms with van der Waals surface area (Å²) in [4.78, 5) is 34.0. The zero-order chi connectivity index (χ0) is 17.6. The van der Waals surface area contributed by atoms with Crippen LogP contribution in [0.4, 0.5) is 0 Å². The summed E-state index contributed by atoms with van der Waals surface area (Å²) in [6.07, 6.45) is 6.44. The van der Waals surface area contributed by atoms with Crippen molar-refractivity contribution in [3.63, 3.8) is 0 Å². The molecule has 2 aromatic heterocycles. The minimum Gasteiger partial charge on any atom is -0.480 e. The first kappa shape index (κ1) is 16.7. The van der Waals surface area contributed by atoms with E-state index in [2.05, 4.69) is 4.90 Å². The predicted molar refractivity (Wildman–Crippen MR) is 97.4 cm³/mol. The van der Waals surface area contributed by atoms with Gasteiger partial charge in [-0.15, -0.1) is 11.3 Å². The second kappa shape index (κ2) is 6.53. The smallest absolute Gasteiger partial charge is 0.326 e. The van der Waals surface area contributed by atoms with Gasteiger partial charge in [-0.1, -0.05) is 0 Å². The summed E-state index contributed by atoms with van der Waals surface area (Å²) in [5.41, 5.74) is 0.941. The maximum absolute atomic E-state index is 13.2. The molecule has 0 spiro atoms. The average Bonchev–Trinajstić information content (AvgIpc) is 3.21. The molecule has 1 aliphatic carbocycles. The molecule has 1 aliphatic heterocycles. The number of thiophene rings is 1. The molecule has 0 aromatic carbocycles. The normalized spacial score (nSPS) is 19.2. The van der Waals surface area contributed by atoms with Crippen LogP contribution >= 0.6 is 11.3 Å². The lowest BCUT2D eigenvalue weighted by atomic mass is 9.97. The monoisotopic (exact) mass is 361 g/mol. The lowest BCUT2D eigenvalue weighted by Crippen LogP contribution is -2.34. The summed E-state index contributed by atoms with van der Waals surface area (Å²) in [5.74, 6) is -0.400. The van der Waals surface area contributed by atoms with E-state index in [9.17, 15) is 14.7 Å². The number of aromatic nitrogens is 2. The number of rotatable bonds is 4. The van der Waals surface area contributed by atoms with Crippen molar-refractivity contribution >= 4 is 27.5 Å². The van der Waals surface area contributed by atoms with Gasteiger partial charge in [0.1, 0.15) is 16.7 Å². The van der Waals surface area contributed by atoms with Gasteiger partial charge in [-0.05, 0) is 64.1 Å². The van der Waals surface area contributed by atoms with Crippen LogP contribution in [0.5, 0.6) is 0 Å². The first-order valence-corrected chi connectivity index (χ1v) is 9.88. The van der Waals surface area contributed by atoms with Gasteiger partial charge in [0.2, 0.25) is 0 Å². The molecule has 2 aromatic rings. The van der Waals surface area contributed by atoms with Crippen LogP contribution in [0.25, 0.3) is 10.2 Å². The molecule has 0 saturated carbocycles. The predicted octanol–water partition coefficient (Wildman–Crippen LogP) is 2.58. The van der Waals surface area contributed by atoms with Crippen LogP contribution in [-0.4, -0.2) is 38.6 Å². The average molecular weight is 361 g/mol. The standard InChI is InChI=1S/C18H23N3O3S/c1-11(18(23)24)21-14(10-20-8-4-5-9-20)19-16-15(17(21)22)12-6-2-3-7-13(12)25-16/h11H,2-10H2,1H3,(H,23,24). The maximum Gasteiger partial charge on any atom is 0.326 e. The van der Waals surface area contributed by atoms with Gasteiger partial charge < -0.3 is 5.11 Å². The molecule has 2 aliphatic rings. The first-order chi connectivity index (χ1) is 12.1. The molecular weight excluding hydrogens is 338 g/mol. The van der Waals surface area contributed by atoms with Gasteiger partial charge in [0, 0.05) is 4.88 Å². The van der Waals surface area contributed by atoms with Gasteiger partial charge >= 0.3 is 5.97 Å². The number of carboxylic acid groups (broad SMARTS) is 1.